The van der Waals surface area contributed by atoms with Gasteiger partial charge in [0.1, 0.15) is 5.01 Å². The van der Waals surface area contributed by atoms with Crippen LogP contribution in [0.5, 0.6) is 0 Å². The molecule has 1 amide bonds. The minimum absolute atomic E-state index is 0.217. The molecule has 22 heavy (non-hydrogen) atoms. The van der Waals surface area contributed by atoms with Crippen LogP contribution in [0.1, 0.15) is 33.7 Å². The van der Waals surface area contributed by atoms with Gasteiger partial charge in [0.05, 0.1) is 16.6 Å². The summed E-state index contributed by atoms with van der Waals surface area (Å²) in [4.78, 5) is 17.1. The second-order valence-electron chi connectivity index (χ2n) is 5.03. The fraction of sp³-hybridized carbons (Fsp3) is 0.357. The minimum atomic E-state index is -0.217. The van der Waals surface area contributed by atoms with Gasteiger partial charge in [-0.25, -0.2) is 4.98 Å². The lowest BCUT2D eigenvalue weighted by atomic mass is 10.1. The maximum atomic E-state index is 12.6. The molecule has 0 saturated heterocycles. The van der Waals surface area contributed by atoms with E-state index in [-0.39, 0.29) is 5.91 Å². The number of rotatable bonds is 3. The summed E-state index contributed by atoms with van der Waals surface area (Å²) in [5.74, 6) is -0.217. The van der Waals surface area contributed by atoms with Gasteiger partial charge >= 0.3 is 0 Å². The molecule has 114 valence electrons. The van der Waals surface area contributed by atoms with Crippen molar-refractivity contribution in [1.29, 1.82) is 0 Å². The molecule has 1 N–H and O–H groups in total. The van der Waals surface area contributed by atoms with Crippen LogP contribution in [-0.4, -0.2) is 30.9 Å². The third kappa shape index (κ3) is 2.45. The minimum Gasteiger partial charge on any atom is -0.296 e. The lowest BCUT2D eigenvalue weighted by Gasteiger charge is -2.05. The number of fused-ring (bicyclic) bond motifs is 1. The van der Waals surface area contributed by atoms with E-state index in [2.05, 4.69) is 25.6 Å². The Kier molecular flexibility index (Phi) is 3.61. The highest BCUT2D eigenvalue weighted by molar-refractivity contribution is 7.15. The van der Waals surface area contributed by atoms with Crippen LogP contribution in [0.25, 0.3) is 11.0 Å². The van der Waals surface area contributed by atoms with Crippen molar-refractivity contribution in [3.05, 3.63) is 28.0 Å². The summed E-state index contributed by atoms with van der Waals surface area (Å²) in [6.07, 6.45) is 0.799. The van der Waals surface area contributed by atoms with E-state index in [0.717, 1.165) is 28.2 Å². The largest absolute Gasteiger partial charge is 0.296 e. The number of nitrogens with one attached hydrogen (secondary N) is 1. The molecule has 0 aliphatic rings. The first-order chi connectivity index (χ1) is 10.5. The molecule has 7 nitrogen and oxygen atoms in total. The zero-order valence-electron chi connectivity index (χ0n) is 12.8. The fourth-order valence-electron chi connectivity index (χ4n) is 2.36. The smallest absolute Gasteiger partial charge is 0.258 e. The Balaban J connectivity index is 2.03. The van der Waals surface area contributed by atoms with Crippen molar-refractivity contribution in [2.45, 2.75) is 27.2 Å². The van der Waals surface area contributed by atoms with Crippen molar-refractivity contribution >= 4 is 33.4 Å². The van der Waals surface area contributed by atoms with Crippen LogP contribution in [0.15, 0.2) is 6.07 Å². The molecule has 0 aromatic carbocycles. The van der Waals surface area contributed by atoms with Crippen molar-refractivity contribution in [2.24, 2.45) is 7.05 Å². The molecule has 3 heterocycles. The van der Waals surface area contributed by atoms with Crippen molar-refractivity contribution in [3.8, 4) is 0 Å². The second-order valence-corrected chi connectivity index (χ2v) is 6.09. The molecular formula is C14H16N6OS. The first kappa shape index (κ1) is 14.6. The van der Waals surface area contributed by atoms with Crippen LogP contribution >= 0.6 is 11.3 Å². The highest BCUT2D eigenvalue weighted by atomic mass is 32.1. The van der Waals surface area contributed by atoms with E-state index >= 15 is 0 Å². The number of carbonyl (C=O) groups excluding carboxylic acids is 1. The highest BCUT2D eigenvalue weighted by Gasteiger charge is 2.18. The van der Waals surface area contributed by atoms with Gasteiger partial charge in [0.15, 0.2) is 5.65 Å². The Morgan fingerprint density at radius 3 is 2.82 bits per heavy atom. The van der Waals surface area contributed by atoms with Gasteiger partial charge in [0.2, 0.25) is 5.13 Å². The third-order valence-electron chi connectivity index (χ3n) is 3.33. The van der Waals surface area contributed by atoms with Crippen molar-refractivity contribution < 1.29 is 4.79 Å². The summed E-state index contributed by atoms with van der Waals surface area (Å²) < 4.78 is 1.69. The highest BCUT2D eigenvalue weighted by Crippen LogP contribution is 2.23. The molecular weight excluding hydrogens is 300 g/mol. The summed E-state index contributed by atoms with van der Waals surface area (Å²) in [5.41, 5.74) is 2.81. The van der Waals surface area contributed by atoms with Gasteiger partial charge in [0, 0.05) is 12.7 Å². The van der Waals surface area contributed by atoms with Gasteiger partial charge in [0.25, 0.3) is 5.91 Å². The van der Waals surface area contributed by atoms with Crippen LogP contribution in [0.4, 0.5) is 5.13 Å². The number of anilines is 1. The van der Waals surface area contributed by atoms with Crippen molar-refractivity contribution in [1.82, 2.24) is 25.0 Å². The number of aryl methyl sites for hydroxylation is 4. The van der Waals surface area contributed by atoms with E-state index in [4.69, 9.17) is 0 Å². The van der Waals surface area contributed by atoms with Crippen molar-refractivity contribution in [2.75, 3.05) is 5.32 Å². The van der Waals surface area contributed by atoms with E-state index in [1.165, 1.54) is 11.3 Å². The number of pyridine rings is 1. The molecule has 8 heteroatoms. The quantitative estimate of drug-likeness (QED) is 0.801. The number of nitrogens with zero attached hydrogens (tertiary/aromatic N) is 5. The third-order valence-corrected chi connectivity index (χ3v) is 4.31. The maximum Gasteiger partial charge on any atom is 0.258 e. The van der Waals surface area contributed by atoms with Gasteiger partial charge in [-0.05, 0) is 26.3 Å². The van der Waals surface area contributed by atoms with Gasteiger partial charge in [-0.3, -0.25) is 14.8 Å². The first-order valence-corrected chi connectivity index (χ1v) is 7.76. The summed E-state index contributed by atoms with van der Waals surface area (Å²) in [6.45, 7) is 5.73. The summed E-state index contributed by atoms with van der Waals surface area (Å²) in [5, 5.41) is 17.3. The van der Waals surface area contributed by atoms with E-state index in [1.54, 1.807) is 10.7 Å². The maximum absolute atomic E-state index is 12.6. The Labute approximate surface area is 131 Å². The molecule has 0 saturated carbocycles. The van der Waals surface area contributed by atoms with E-state index in [9.17, 15) is 4.79 Å². The predicted octanol–water partition coefficient (Wildman–Crippen LogP) is 2.25. The Morgan fingerprint density at radius 1 is 1.36 bits per heavy atom. The fourth-order valence-corrected chi connectivity index (χ4v) is 3.04. The molecule has 0 bridgehead atoms. The lowest BCUT2D eigenvalue weighted by molar-refractivity contribution is 0.102. The topological polar surface area (TPSA) is 85.6 Å². The number of hydrogen-bond donors (Lipinski definition) is 1. The molecule has 0 aliphatic carbocycles. The number of carbonyl (C=O) groups is 1. The van der Waals surface area contributed by atoms with Crippen LogP contribution in [0.2, 0.25) is 0 Å². The molecule has 0 radical (unpaired) electrons. The van der Waals surface area contributed by atoms with Gasteiger partial charge in [-0.1, -0.05) is 18.3 Å². The first-order valence-electron chi connectivity index (χ1n) is 6.94. The molecule has 0 fully saturated rings. The molecule has 0 aliphatic heterocycles. The monoisotopic (exact) mass is 316 g/mol. The Bertz CT molecular complexity index is 866. The molecule has 3 rings (SSSR count). The zero-order chi connectivity index (χ0) is 15.9. The second kappa shape index (κ2) is 5.45. The summed E-state index contributed by atoms with van der Waals surface area (Å²) in [7, 11) is 1.82. The number of aromatic nitrogens is 5. The van der Waals surface area contributed by atoms with Crippen LogP contribution in [-0.2, 0) is 13.5 Å². The summed E-state index contributed by atoms with van der Waals surface area (Å²) >= 11 is 1.38. The SMILES string of the molecule is CCc1nnc(NC(=O)c2cc(C)nc3c2c(C)nn3C)s1. The predicted molar refractivity (Wildman–Crippen MR) is 85.2 cm³/mol. The van der Waals surface area contributed by atoms with Crippen molar-refractivity contribution in [3.63, 3.8) is 0 Å². The summed E-state index contributed by atoms with van der Waals surface area (Å²) in [6, 6.07) is 1.77. The van der Waals surface area contributed by atoms with Gasteiger partial charge in [-0.2, -0.15) is 5.10 Å². The van der Waals surface area contributed by atoms with Crippen LogP contribution in [0.3, 0.4) is 0 Å². The van der Waals surface area contributed by atoms with Crippen LogP contribution in [0, 0.1) is 13.8 Å². The zero-order valence-corrected chi connectivity index (χ0v) is 13.7. The normalized spacial score (nSPS) is 11.1. The van der Waals surface area contributed by atoms with E-state index in [0.29, 0.717) is 16.3 Å². The molecule has 3 aromatic heterocycles. The van der Waals surface area contributed by atoms with Gasteiger partial charge in [-0.15, -0.1) is 10.2 Å². The number of hydrogen-bond acceptors (Lipinski definition) is 6. The van der Waals surface area contributed by atoms with Gasteiger partial charge < -0.3 is 0 Å². The average Bonchev–Trinajstić information content (AvgIpc) is 3.03. The lowest BCUT2D eigenvalue weighted by Crippen LogP contribution is -2.13. The average molecular weight is 316 g/mol. The van der Waals surface area contributed by atoms with E-state index in [1.807, 2.05) is 27.8 Å². The molecule has 0 unspecified atom stereocenters. The Morgan fingerprint density at radius 2 is 2.14 bits per heavy atom. The Hall–Kier alpha value is -2.35. The molecule has 0 spiro atoms. The number of amides is 1. The van der Waals surface area contributed by atoms with E-state index < -0.39 is 0 Å². The standard InChI is InChI=1S/C14H16N6OS/c1-5-10-17-18-14(22-10)16-13(21)9-6-7(2)15-12-11(9)8(3)19-20(12)4/h6H,5H2,1-4H3,(H,16,18,21). The van der Waals surface area contributed by atoms with Crippen LogP contribution < -0.4 is 5.32 Å². The molecule has 3 aromatic rings. The molecule has 0 atom stereocenters.